The van der Waals surface area contributed by atoms with E-state index < -0.39 is 31.8 Å². The van der Waals surface area contributed by atoms with Crippen molar-refractivity contribution in [1.29, 1.82) is 0 Å². The Morgan fingerprint density at radius 3 is 1.02 bits per heavy atom. The van der Waals surface area contributed by atoms with Crippen LogP contribution in [0, 0.1) is 0 Å². The fourth-order valence-corrected chi connectivity index (χ4v) is 9.46. The number of hydrogen-bond acceptors (Lipinski definition) is 6. The van der Waals surface area contributed by atoms with Gasteiger partial charge in [-0.25, -0.2) is 22.7 Å². The molecule has 5 aromatic rings. The zero-order valence-corrected chi connectivity index (χ0v) is 27.9. The Morgan fingerprint density at radius 2 is 0.800 bits per heavy atom. The quantitative estimate of drug-likeness (QED) is 0.0905. The Hall–Kier alpha value is -3.29. The summed E-state index contributed by atoms with van der Waals surface area (Å²) >= 11 is 0. The third-order valence-electron chi connectivity index (χ3n) is 6.55. The molecule has 0 saturated carbocycles. The Morgan fingerprint density at radius 1 is 0.556 bits per heavy atom. The number of halogens is 3. The van der Waals surface area contributed by atoms with Gasteiger partial charge in [0.05, 0.1) is 0 Å². The minimum Gasteiger partial charge on any atom is -0.741 e. The molecule has 0 N–H and O–H groups in total. The van der Waals surface area contributed by atoms with Gasteiger partial charge in [-0.3, -0.25) is 0 Å². The second-order valence-corrected chi connectivity index (χ2v) is 15.9. The van der Waals surface area contributed by atoms with Crippen LogP contribution >= 0.6 is 16.1 Å². The van der Waals surface area contributed by atoms with Crippen LogP contribution in [0.2, 0.25) is 0 Å². The molecule has 0 atom stereocenters. The third-order valence-corrected chi connectivity index (χ3v) is 12.4. The molecule has 0 saturated heterocycles. The van der Waals surface area contributed by atoms with Gasteiger partial charge in [0.1, 0.15) is 21.2 Å². The second kappa shape index (κ2) is 16.3. The predicted molar refractivity (Wildman–Crippen MR) is 178 cm³/mol. The van der Waals surface area contributed by atoms with Crippen molar-refractivity contribution in [3.63, 3.8) is 0 Å². The summed E-state index contributed by atoms with van der Waals surface area (Å²) in [6, 6.07) is 49.6. The molecule has 0 aliphatic heterocycles. The summed E-state index contributed by atoms with van der Waals surface area (Å²) in [5.74, 6) is 1.98. The van der Waals surface area contributed by atoms with Gasteiger partial charge in [-0.15, -0.1) is 0 Å². The Labute approximate surface area is 274 Å². The van der Waals surface area contributed by atoms with Crippen molar-refractivity contribution in [3.8, 4) is 0 Å². The van der Waals surface area contributed by atoms with Crippen LogP contribution in [0.5, 0.6) is 0 Å². The molecule has 1 heterocycles. The normalized spacial score (nSPS) is 11.3. The minimum atomic E-state index is -6.09. The van der Waals surface area contributed by atoms with Crippen molar-refractivity contribution in [3.05, 3.63) is 140 Å². The molecule has 1 aromatic heterocycles. The van der Waals surface area contributed by atoms with E-state index in [1.807, 2.05) is 0 Å². The average molecular weight is 720 g/mol. The van der Waals surface area contributed by atoms with Gasteiger partial charge in [0, 0.05) is 14.1 Å². The maximum Gasteiger partial charge on any atom is 1.00 e. The van der Waals surface area contributed by atoms with E-state index in [1.165, 1.54) is 21.2 Å². The summed E-state index contributed by atoms with van der Waals surface area (Å²) in [4.78, 5) is 5.22. The first-order chi connectivity index (χ1) is 21.0. The maximum atomic E-state index is 10.7. The van der Waals surface area contributed by atoms with Crippen LogP contribution in [0.15, 0.2) is 140 Å². The zero-order chi connectivity index (χ0) is 31.7. The second-order valence-electron chi connectivity index (χ2n) is 9.53. The van der Waals surface area contributed by atoms with Gasteiger partial charge in [0.25, 0.3) is 0 Å². The molecule has 4 aromatic carbocycles. The Kier molecular flexibility index (Phi) is 13.1. The van der Waals surface area contributed by atoms with Crippen LogP contribution < -0.4 is 30.6 Å². The molecule has 0 bridgehead atoms. The molecule has 5 rings (SSSR count). The van der Waals surface area contributed by atoms with Crippen LogP contribution in [0.3, 0.4) is 0 Å². The summed E-state index contributed by atoms with van der Waals surface area (Å²) in [5, 5.41) is 5.37. The molecule has 0 aliphatic rings. The van der Waals surface area contributed by atoms with E-state index >= 15 is 0 Å². The molecule has 0 unspecified atom stereocenters. The van der Waals surface area contributed by atoms with Crippen LogP contribution in [0.1, 0.15) is 0 Å². The summed E-state index contributed by atoms with van der Waals surface area (Å²) in [7, 11) is -4.20. The van der Waals surface area contributed by atoms with E-state index in [-0.39, 0.29) is 17.1 Å². The van der Waals surface area contributed by atoms with Gasteiger partial charge < -0.3 is 4.55 Å². The third kappa shape index (κ3) is 9.60. The van der Waals surface area contributed by atoms with E-state index in [1.54, 1.807) is 0 Å². The number of rotatable bonds is 8. The predicted octanol–water partition coefficient (Wildman–Crippen LogP) is 5.56. The van der Waals surface area contributed by atoms with Crippen molar-refractivity contribution in [2.75, 3.05) is 23.4 Å². The van der Waals surface area contributed by atoms with Gasteiger partial charge in [-0.1, -0.05) is 78.9 Å². The first-order valence-corrected chi connectivity index (χ1v) is 17.7. The number of hydrogen-bond donors (Lipinski definition) is 0. The number of alkyl halides is 3. The molecule has 238 valence electrons. The fourth-order valence-electron chi connectivity index (χ4n) is 4.51. The monoisotopic (exact) mass is 719 g/mol. The molecule has 0 radical (unpaired) electrons. The van der Waals surface area contributed by atoms with Crippen molar-refractivity contribution in [2.45, 2.75) is 5.51 Å². The Balaban J connectivity index is 0.000000544. The summed E-state index contributed by atoms with van der Waals surface area (Å²) < 4.78 is 63.7. The van der Waals surface area contributed by atoms with Gasteiger partial charge in [-0.05, 0) is 60.7 Å². The molecule has 13 heteroatoms. The number of aromatic nitrogens is 1. The molecule has 0 fully saturated rings. The van der Waals surface area contributed by atoms with E-state index in [0.717, 1.165) is 11.6 Å². The maximum absolute atomic E-state index is 10.7. The number of pyridine rings is 1. The van der Waals surface area contributed by atoms with Crippen LogP contribution in [0.25, 0.3) is 0 Å². The van der Waals surface area contributed by atoms with Crippen molar-refractivity contribution in [1.82, 2.24) is 4.98 Å². The van der Waals surface area contributed by atoms with Gasteiger partial charge in [0.2, 0.25) is 0 Å². The van der Waals surface area contributed by atoms with Crippen LogP contribution in [-0.4, -0.2) is 37.6 Å². The van der Waals surface area contributed by atoms with Crippen LogP contribution in [0.4, 0.5) is 24.8 Å². The molecule has 0 amide bonds. The van der Waals surface area contributed by atoms with Crippen molar-refractivity contribution < 1.29 is 43.2 Å². The van der Waals surface area contributed by atoms with Crippen molar-refractivity contribution >= 4 is 59.1 Å². The number of nitrogens with zero attached hydrogens (tertiary/aromatic N) is 3. The molecule has 0 aliphatic carbocycles. The average Bonchev–Trinajstić information content (AvgIpc) is 3.03. The Bertz CT molecular complexity index is 1540. The zero-order valence-electron chi connectivity index (χ0n) is 24.2. The van der Waals surface area contributed by atoms with Crippen LogP contribution in [-0.2, 0) is 27.2 Å². The first kappa shape index (κ1) is 36.2. The smallest absolute Gasteiger partial charge is 0.741 e. The number of benzene rings is 4. The molecular formula is C32H31CuF3N3O3P2S+2. The summed E-state index contributed by atoms with van der Waals surface area (Å²) in [5.41, 5.74) is -5.65. The molecule has 0 spiro atoms. The molecule has 45 heavy (non-hydrogen) atoms. The van der Waals surface area contributed by atoms with Gasteiger partial charge in [0.15, 0.2) is 37.9 Å². The molecule has 6 nitrogen and oxygen atoms in total. The summed E-state index contributed by atoms with van der Waals surface area (Å²) in [6.45, 7) is 0. The van der Waals surface area contributed by atoms with Crippen molar-refractivity contribution in [2.24, 2.45) is 0 Å². The first-order valence-electron chi connectivity index (χ1n) is 13.4. The van der Waals surface area contributed by atoms with E-state index in [2.05, 4.69) is 163 Å². The van der Waals surface area contributed by atoms with E-state index in [0.29, 0.717) is 0 Å². The fraction of sp³-hybridized carbons (Fsp3) is 0.0938. The van der Waals surface area contributed by atoms with E-state index in [9.17, 15) is 13.2 Å². The summed E-state index contributed by atoms with van der Waals surface area (Å²) in [6.07, 6.45) is 0. The largest absolute Gasteiger partial charge is 1.00 e. The van der Waals surface area contributed by atoms with Gasteiger partial charge >= 0.3 is 22.6 Å². The molecular weight excluding hydrogens is 689 g/mol. The van der Waals surface area contributed by atoms with E-state index in [4.69, 9.17) is 18.0 Å². The van der Waals surface area contributed by atoms with Gasteiger partial charge in [-0.2, -0.15) is 13.2 Å². The number of anilines is 2. The standard InChI is InChI=1S/C31H29N3P2.CHF3O3S.Cu/c1-33(35(26-16-7-3-8-17-26)27-18-9-4-10-19-27)30-24-15-25-31(32-30)34(2)36(28-20-11-5-12-21-28)29-22-13-6-14-23-29;2-1(3,4)8(5,6)7;/h3-25H,1-2H3;(H,5,6,7);/q;;+1/p+1. The SMILES string of the molecule is CN(c1cccc(N(C)[PH+](c2ccccc2)c2ccccc2)n1)[PH+](c1ccccc1)c1ccccc1.O=S(=O)([O-])C(F)(F)F.[Cu+]. The topological polar surface area (TPSA) is 76.6 Å². The minimum absolute atomic E-state index is 0.